The molecule has 10 atom stereocenters. The number of carbonyl (C=O) groups is 4. The second-order valence-electron chi connectivity index (χ2n) is 11.3. The van der Waals surface area contributed by atoms with Crippen molar-refractivity contribution in [2.45, 2.75) is 91.2 Å². The monoisotopic (exact) mass is 634 g/mol. The predicted octanol–water partition coefficient (Wildman–Crippen LogP) is 4.13. The van der Waals surface area contributed by atoms with Crippen molar-refractivity contribution in [2.24, 2.45) is 35.5 Å². The van der Waals surface area contributed by atoms with Crippen molar-refractivity contribution >= 4 is 36.5 Å². The first-order valence-electron chi connectivity index (χ1n) is 13.6. The molecule has 0 aromatic rings. The molecule has 0 radical (unpaired) electrons. The Morgan fingerprint density at radius 2 is 1.20 bits per heavy atom. The van der Waals surface area contributed by atoms with Gasteiger partial charge in [0.1, 0.15) is 0 Å². The molecule has 2 fully saturated rings. The van der Waals surface area contributed by atoms with E-state index in [1.807, 2.05) is 20.8 Å². The molecule has 2 aliphatic rings. The fraction of sp³-hybridized carbons (Fsp3) is 0.857. The van der Waals surface area contributed by atoms with Gasteiger partial charge in [-0.15, -0.1) is 12.6 Å². The first-order chi connectivity index (χ1) is 18.4. The Kier molecular flexibility index (Phi) is 17.3. The van der Waals surface area contributed by atoms with E-state index in [0.29, 0.717) is 6.42 Å². The molecule has 2 heterocycles. The standard InChI is InChI=1S/C14H23FO5.C14H24O5S.Ar/c1-8-6-14(15,13(17)18-5)20-12(10(8)3)9(2)7-19-11(4)16;1-8-6-14(20,13(16)17-5)19-12(10(8)3)9(2)7-18-11(4)15;/h8-10,12H,6-7H2,1-5H3;8-10,12,20H,6-7H2,1-5H3;/t8-,9-,10-,12?,14-;8-,9-,10-,12?,14+;/m11./s1. The minimum absolute atomic E-state index is 0. The van der Waals surface area contributed by atoms with E-state index >= 15 is 0 Å². The molecule has 0 saturated carbocycles. The van der Waals surface area contributed by atoms with Gasteiger partial charge < -0.3 is 28.4 Å². The molecular weight excluding hydrogens is 587 g/mol. The van der Waals surface area contributed by atoms with Crippen LogP contribution in [0.2, 0.25) is 0 Å². The predicted molar refractivity (Wildman–Crippen MR) is 147 cm³/mol. The minimum Gasteiger partial charge on any atom is -0.466 e. The minimum atomic E-state index is -2.42. The van der Waals surface area contributed by atoms with Crippen molar-refractivity contribution in [3.05, 3.63) is 0 Å². The van der Waals surface area contributed by atoms with Crippen LogP contribution in [0, 0.1) is 73.2 Å². The van der Waals surface area contributed by atoms with Crippen molar-refractivity contribution in [1.82, 2.24) is 0 Å². The van der Waals surface area contributed by atoms with Gasteiger partial charge in [0.25, 0.3) is 0 Å². The number of methoxy groups -OCH3 is 2. The van der Waals surface area contributed by atoms with E-state index in [2.05, 4.69) is 31.2 Å². The van der Waals surface area contributed by atoms with Gasteiger partial charge in [-0.25, -0.2) is 9.59 Å². The van der Waals surface area contributed by atoms with Crippen molar-refractivity contribution < 1.29 is 89.7 Å². The summed E-state index contributed by atoms with van der Waals surface area (Å²) in [6.45, 7) is 14.8. The van der Waals surface area contributed by atoms with Crippen LogP contribution in [0.25, 0.3) is 0 Å². The molecule has 0 aromatic carbocycles. The van der Waals surface area contributed by atoms with Crippen molar-refractivity contribution in [2.75, 3.05) is 27.4 Å². The van der Waals surface area contributed by atoms with Gasteiger partial charge in [0, 0.05) is 69.8 Å². The quantitative estimate of drug-likeness (QED) is 0.237. The average Bonchev–Trinajstić information content (AvgIpc) is 2.89. The van der Waals surface area contributed by atoms with E-state index in [1.165, 1.54) is 21.0 Å². The molecule has 10 nitrogen and oxygen atoms in total. The van der Waals surface area contributed by atoms with E-state index in [9.17, 15) is 23.6 Å². The summed E-state index contributed by atoms with van der Waals surface area (Å²) in [5, 5.41) is 0. The van der Waals surface area contributed by atoms with Gasteiger partial charge in [-0.05, 0) is 30.1 Å². The van der Waals surface area contributed by atoms with Crippen molar-refractivity contribution in [3.63, 3.8) is 0 Å². The van der Waals surface area contributed by atoms with E-state index in [0.717, 1.165) is 7.11 Å². The first kappa shape index (κ1) is 40.3. The summed E-state index contributed by atoms with van der Waals surface area (Å²) in [7, 11) is 2.46. The van der Waals surface area contributed by atoms with E-state index < -0.39 is 34.8 Å². The van der Waals surface area contributed by atoms with Crippen LogP contribution in [-0.4, -0.2) is 74.3 Å². The second kappa shape index (κ2) is 17.6. The summed E-state index contributed by atoms with van der Waals surface area (Å²) in [6, 6.07) is 0. The molecule has 0 aliphatic carbocycles. The molecule has 41 heavy (non-hydrogen) atoms. The van der Waals surface area contributed by atoms with Crippen LogP contribution in [0.5, 0.6) is 0 Å². The third-order valence-electron chi connectivity index (χ3n) is 7.88. The Labute approximate surface area is 278 Å². The number of alkyl halides is 1. The maximum atomic E-state index is 14.6. The van der Waals surface area contributed by atoms with E-state index in [-0.39, 0.29) is 105 Å². The van der Waals surface area contributed by atoms with Gasteiger partial charge in [0.2, 0.25) is 4.93 Å². The first-order valence-corrected chi connectivity index (χ1v) is 14.1. The largest absolute Gasteiger partial charge is 0.466 e. The molecule has 0 aromatic heterocycles. The van der Waals surface area contributed by atoms with Gasteiger partial charge in [-0.2, -0.15) is 4.39 Å². The number of ether oxygens (including phenoxy) is 6. The summed E-state index contributed by atoms with van der Waals surface area (Å²) >= 11 is 4.38. The van der Waals surface area contributed by atoms with Crippen molar-refractivity contribution in [1.29, 1.82) is 0 Å². The third kappa shape index (κ3) is 11.4. The molecule has 0 spiro atoms. The fourth-order valence-electron chi connectivity index (χ4n) is 5.15. The molecule has 0 N–H and O–H groups in total. The molecule has 240 valence electrons. The summed E-state index contributed by atoms with van der Waals surface area (Å²) in [4.78, 5) is 44.0. The van der Waals surface area contributed by atoms with Gasteiger partial charge >= 0.3 is 29.7 Å². The summed E-state index contributed by atoms with van der Waals surface area (Å²) < 4.78 is 45.1. The second-order valence-corrected chi connectivity index (χ2v) is 12.0. The molecule has 2 saturated heterocycles. The maximum absolute atomic E-state index is 14.6. The number of halogens is 1. The Hall–Kier alpha value is -0.660. The maximum Gasteiger partial charge on any atom is 0.371 e. The zero-order chi connectivity index (χ0) is 31.0. The van der Waals surface area contributed by atoms with Crippen LogP contribution in [0.15, 0.2) is 0 Å². The zero-order valence-corrected chi connectivity index (χ0v) is 27.3. The summed E-state index contributed by atoms with van der Waals surface area (Å²) in [5.74, 6) is -4.36. The van der Waals surface area contributed by atoms with Gasteiger partial charge in [0.05, 0.1) is 39.6 Å². The Balaban J connectivity index is 0.000000762. The van der Waals surface area contributed by atoms with Gasteiger partial charge in [-0.1, -0.05) is 41.5 Å². The average molecular weight is 635 g/mol. The van der Waals surface area contributed by atoms with Crippen LogP contribution in [0.1, 0.15) is 68.2 Å². The normalized spacial score (nSPS) is 34.3. The molecule has 0 bridgehead atoms. The number of carbonyl (C=O) groups excluding carboxylic acids is 4. The Bertz CT molecular complexity index is 824. The molecule has 13 heteroatoms. The summed E-state index contributed by atoms with van der Waals surface area (Å²) in [6.07, 6.45) is -0.254. The SMILES string of the molecule is COC(=O)[C@@]1(F)C[C@@H](C)[C@@H](C)C([C@H](C)COC(C)=O)O1.COC(=O)[C@@]1(S)C[C@@H](C)[C@@H](C)C([C@H](C)COC(C)=O)O1.[Ar]. The van der Waals surface area contributed by atoms with Crippen LogP contribution >= 0.6 is 12.6 Å². The van der Waals surface area contributed by atoms with Crippen LogP contribution in [0.4, 0.5) is 4.39 Å². The van der Waals surface area contributed by atoms with Crippen LogP contribution in [-0.2, 0) is 47.6 Å². The molecule has 2 rings (SSSR count). The molecule has 0 amide bonds. The van der Waals surface area contributed by atoms with Crippen LogP contribution < -0.4 is 0 Å². The number of thiol groups is 1. The van der Waals surface area contributed by atoms with Gasteiger partial charge in [0.15, 0.2) is 0 Å². The topological polar surface area (TPSA) is 124 Å². The molecule has 2 unspecified atom stereocenters. The number of hydrogen-bond donors (Lipinski definition) is 1. The Morgan fingerprint density at radius 3 is 1.59 bits per heavy atom. The molecule has 2 aliphatic heterocycles. The van der Waals surface area contributed by atoms with Crippen molar-refractivity contribution in [3.8, 4) is 0 Å². The number of esters is 4. The fourth-order valence-corrected chi connectivity index (χ4v) is 5.65. The third-order valence-corrected chi connectivity index (χ3v) is 8.35. The van der Waals surface area contributed by atoms with Gasteiger partial charge in [-0.3, -0.25) is 9.59 Å². The summed E-state index contributed by atoms with van der Waals surface area (Å²) in [5.41, 5.74) is 0. The Morgan fingerprint density at radius 1 is 0.805 bits per heavy atom. The van der Waals surface area contributed by atoms with Crippen LogP contribution in [0.3, 0.4) is 0 Å². The van der Waals surface area contributed by atoms with E-state index in [1.54, 1.807) is 6.92 Å². The zero-order valence-electron chi connectivity index (χ0n) is 25.7. The number of rotatable bonds is 8. The number of hydrogen-bond acceptors (Lipinski definition) is 11. The van der Waals surface area contributed by atoms with E-state index in [4.69, 9.17) is 23.7 Å². The molecular formula is C28H47ArFO10S. The smallest absolute Gasteiger partial charge is 0.371 e.